The van der Waals surface area contributed by atoms with Crippen LogP contribution in [-0.2, 0) is 17.6 Å². The fourth-order valence-corrected chi connectivity index (χ4v) is 3.55. The molecule has 0 aliphatic rings. The maximum atomic E-state index is 11.5. The van der Waals surface area contributed by atoms with Gasteiger partial charge < -0.3 is 5.73 Å². The topological polar surface area (TPSA) is 86.7 Å². The van der Waals surface area contributed by atoms with E-state index in [1.54, 1.807) is 12.1 Å². The van der Waals surface area contributed by atoms with Crippen molar-refractivity contribution in [3.63, 3.8) is 0 Å². The van der Waals surface area contributed by atoms with Crippen molar-refractivity contribution < 1.29 is 4.79 Å². The van der Waals surface area contributed by atoms with Gasteiger partial charge in [0.05, 0.1) is 17.1 Å². The maximum absolute atomic E-state index is 11.5. The fourth-order valence-electron chi connectivity index (χ4n) is 3.20. The minimum absolute atomic E-state index is 0.0455. The highest BCUT2D eigenvalue weighted by molar-refractivity contribution is 6.33. The van der Waals surface area contributed by atoms with E-state index in [0.717, 1.165) is 16.9 Å². The number of nitrogens with zero attached hydrogens (tertiary/aromatic N) is 4. The largest absolute Gasteiger partial charge is 0.369 e. The Kier molecular flexibility index (Phi) is 5.22. The van der Waals surface area contributed by atoms with Gasteiger partial charge in [0.1, 0.15) is 17.2 Å². The molecule has 0 unspecified atom stereocenters. The molecule has 6 nitrogen and oxygen atoms in total. The molecule has 2 aromatic carbocycles. The molecule has 8 heteroatoms. The Balaban J connectivity index is 2.08. The van der Waals surface area contributed by atoms with E-state index in [2.05, 4.69) is 9.97 Å². The molecule has 4 rings (SSSR count). The van der Waals surface area contributed by atoms with E-state index in [1.807, 2.05) is 47.9 Å². The number of primary amides is 1. The molecular weight excluding hydrogens is 409 g/mol. The van der Waals surface area contributed by atoms with Crippen LogP contribution in [0.15, 0.2) is 48.5 Å². The van der Waals surface area contributed by atoms with Gasteiger partial charge in [0.15, 0.2) is 5.65 Å². The van der Waals surface area contributed by atoms with Crippen LogP contribution in [0.5, 0.6) is 0 Å². The average Bonchev–Trinajstić information content (AvgIpc) is 3.07. The van der Waals surface area contributed by atoms with Crippen LogP contribution in [-0.4, -0.2) is 25.4 Å². The zero-order valence-electron chi connectivity index (χ0n) is 15.6. The molecule has 29 heavy (non-hydrogen) atoms. The monoisotopic (exact) mass is 425 g/mol. The highest BCUT2D eigenvalue weighted by atomic mass is 35.5. The summed E-state index contributed by atoms with van der Waals surface area (Å²) >= 11 is 12.6. The SMILES string of the molecule is CCc1nc(CC(N)=O)nc2c1nc(-c1ccccc1Cl)n2-c1ccc(Cl)cc1. The predicted octanol–water partition coefficient (Wildman–Crippen LogP) is 4.38. The first-order chi connectivity index (χ1) is 14.0. The number of aryl methyl sites for hydroxylation is 1. The summed E-state index contributed by atoms with van der Waals surface area (Å²) in [6.45, 7) is 1.98. The predicted molar refractivity (Wildman–Crippen MR) is 114 cm³/mol. The third-order valence-electron chi connectivity index (χ3n) is 4.49. The lowest BCUT2D eigenvalue weighted by molar-refractivity contribution is -0.117. The summed E-state index contributed by atoms with van der Waals surface area (Å²) in [4.78, 5) is 25.4. The molecule has 0 fully saturated rings. The zero-order chi connectivity index (χ0) is 20.5. The Bertz CT molecular complexity index is 1220. The number of halogens is 2. The molecular formula is C21H17Cl2N5O. The Morgan fingerprint density at radius 1 is 1.03 bits per heavy atom. The van der Waals surface area contributed by atoms with E-state index in [4.69, 9.17) is 33.9 Å². The first-order valence-electron chi connectivity index (χ1n) is 9.05. The molecule has 2 N–H and O–H groups in total. The van der Waals surface area contributed by atoms with E-state index >= 15 is 0 Å². The molecule has 2 heterocycles. The zero-order valence-corrected chi connectivity index (χ0v) is 17.1. The Hall–Kier alpha value is -2.96. The molecule has 0 saturated carbocycles. The molecule has 0 spiro atoms. The summed E-state index contributed by atoms with van der Waals surface area (Å²) in [6.07, 6.45) is 0.584. The number of nitrogens with two attached hydrogens (primary N) is 1. The van der Waals surface area contributed by atoms with Crippen molar-refractivity contribution in [1.82, 2.24) is 19.5 Å². The number of carbonyl (C=O) groups is 1. The van der Waals surface area contributed by atoms with Crippen molar-refractivity contribution in [1.29, 1.82) is 0 Å². The second-order valence-corrected chi connectivity index (χ2v) is 7.33. The summed E-state index contributed by atoms with van der Waals surface area (Å²) < 4.78 is 1.90. The number of hydrogen-bond acceptors (Lipinski definition) is 4. The third kappa shape index (κ3) is 3.69. The molecule has 1 amide bonds. The van der Waals surface area contributed by atoms with Crippen molar-refractivity contribution in [2.75, 3.05) is 0 Å². The Labute approximate surface area is 177 Å². The molecule has 4 aromatic rings. The first kappa shape index (κ1) is 19.4. The lowest BCUT2D eigenvalue weighted by atomic mass is 10.2. The van der Waals surface area contributed by atoms with E-state index in [1.165, 1.54) is 0 Å². The molecule has 146 valence electrons. The van der Waals surface area contributed by atoms with Gasteiger partial charge >= 0.3 is 0 Å². The van der Waals surface area contributed by atoms with Crippen LogP contribution in [0.1, 0.15) is 18.4 Å². The Morgan fingerprint density at radius 2 is 1.76 bits per heavy atom. The quantitative estimate of drug-likeness (QED) is 0.513. The van der Waals surface area contributed by atoms with Crippen molar-refractivity contribution in [3.05, 3.63) is 70.1 Å². The molecule has 0 aliphatic heterocycles. The number of imidazole rings is 1. The first-order valence-corrected chi connectivity index (χ1v) is 9.81. The van der Waals surface area contributed by atoms with Gasteiger partial charge in [-0.25, -0.2) is 15.0 Å². The van der Waals surface area contributed by atoms with Crippen LogP contribution in [0.3, 0.4) is 0 Å². The molecule has 0 radical (unpaired) electrons. The van der Waals surface area contributed by atoms with Crippen LogP contribution in [0, 0.1) is 0 Å². The van der Waals surface area contributed by atoms with Crippen molar-refractivity contribution in [2.24, 2.45) is 5.73 Å². The standard InChI is InChI=1S/C21H17Cl2N5O/c1-2-16-19-21(26-18(25-16)11-17(24)29)28(13-9-7-12(22)8-10-13)20(27-19)14-5-3-4-6-15(14)23/h3-10H,2,11H2,1H3,(H2,24,29). The smallest absolute Gasteiger partial charge is 0.225 e. The minimum atomic E-state index is -0.490. The Morgan fingerprint density at radius 3 is 2.41 bits per heavy atom. The van der Waals surface area contributed by atoms with Gasteiger partial charge in [-0.15, -0.1) is 0 Å². The molecule has 0 bridgehead atoms. The highest BCUT2D eigenvalue weighted by Gasteiger charge is 2.21. The van der Waals surface area contributed by atoms with Crippen LogP contribution in [0.4, 0.5) is 0 Å². The summed E-state index contributed by atoms with van der Waals surface area (Å²) in [5.41, 5.74) is 8.94. The van der Waals surface area contributed by atoms with Crippen LogP contribution < -0.4 is 5.73 Å². The number of hydrogen-bond donors (Lipinski definition) is 1. The highest BCUT2D eigenvalue weighted by Crippen LogP contribution is 2.33. The van der Waals surface area contributed by atoms with Crippen LogP contribution in [0.2, 0.25) is 10.0 Å². The second-order valence-electron chi connectivity index (χ2n) is 6.48. The number of carbonyl (C=O) groups excluding carboxylic acids is 1. The number of amides is 1. The fraction of sp³-hybridized carbons (Fsp3) is 0.143. The minimum Gasteiger partial charge on any atom is -0.369 e. The van der Waals surface area contributed by atoms with E-state index in [9.17, 15) is 4.79 Å². The molecule has 0 atom stereocenters. The summed E-state index contributed by atoms with van der Waals surface area (Å²) in [5, 5.41) is 1.19. The van der Waals surface area contributed by atoms with Crippen molar-refractivity contribution >= 4 is 40.3 Å². The van der Waals surface area contributed by atoms with Gasteiger partial charge in [-0.2, -0.15) is 0 Å². The van der Waals surface area contributed by atoms with E-state index in [0.29, 0.717) is 39.3 Å². The van der Waals surface area contributed by atoms with Crippen LogP contribution >= 0.6 is 23.2 Å². The molecule has 0 aliphatic carbocycles. The van der Waals surface area contributed by atoms with Gasteiger partial charge in [0.25, 0.3) is 0 Å². The maximum Gasteiger partial charge on any atom is 0.225 e. The lowest BCUT2D eigenvalue weighted by Crippen LogP contribution is -2.16. The van der Waals surface area contributed by atoms with Gasteiger partial charge in [-0.3, -0.25) is 9.36 Å². The molecule has 2 aromatic heterocycles. The van der Waals surface area contributed by atoms with Gasteiger partial charge in [-0.1, -0.05) is 42.3 Å². The summed E-state index contributed by atoms with van der Waals surface area (Å²) in [5.74, 6) is 0.506. The number of fused-ring (bicyclic) bond motifs is 1. The van der Waals surface area contributed by atoms with E-state index < -0.39 is 5.91 Å². The summed E-state index contributed by atoms with van der Waals surface area (Å²) in [6, 6.07) is 14.8. The second kappa shape index (κ2) is 7.81. The van der Waals surface area contributed by atoms with Gasteiger partial charge in [-0.05, 0) is 42.8 Å². The summed E-state index contributed by atoms with van der Waals surface area (Å²) in [7, 11) is 0. The lowest BCUT2D eigenvalue weighted by Gasteiger charge is -2.10. The number of benzene rings is 2. The third-order valence-corrected chi connectivity index (χ3v) is 5.07. The van der Waals surface area contributed by atoms with Gasteiger partial charge in [0.2, 0.25) is 5.91 Å². The van der Waals surface area contributed by atoms with Gasteiger partial charge in [0, 0.05) is 16.3 Å². The van der Waals surface area contributed by atoms with Crippen LogP contribution in [0.25, 0.3) is 28.2 Å². The molecule has 0 saturated heterocycles. The number of aromatic nitrogens is 4. The van der Waals surface area contributed by atoms with E-state index in [-0.39, 0.29) is 6.42 Å². The van der Waals surface area contributed by atoms with Crippen molar-refractivity contribution in [3.8, 4) is 17.1 Å². The number of rotatable bonds is 5. The normalized spacial score (nSPS) is 11.1. The van der Waals surface area contributed by atoms with Crippen molar-refractivity contribution in [2.45, 2.75) is 19.8 Å². The average molecular weight is 426 g/mol.